The van der Waals surface area contributed by atoms with E-state index >= 15 is 0 Å². The van der Waals surface area contributed by atoms with Crippen molar-refractivity contribution in [2.45, 2.75) is 31.2 Å². The number of nitrogens with zero attached hydrogens (tertiary/aromatic N) is 5. The summed E-state index contributed by atoms with van der Waals surface area (Å²) in [6, 6.07) is 6.46. The Balaban J connectivity index is 1.63. The molecule has 0 aromatic carbocycles. The number of fused-ring (bicyclic) bond motifs is 3. The molecule has 6 heterocycles. The van der Waals surface area contributed by atoms with Crippen LogP contribution < -0.4 is 10.6 Å². The molecule has 0 radical (unpaired) electrons. The van der Waals surface area contributed by atoms with E-state index in [0.717, 1.165) is 17.6 Å². The van der Waals surface area contributed by atoms with E-state index in [2.05, 4.69) is 14.9 Å². The minimum atomic E-state index is -1.80. The maximum atomic E-state index is 13.9. The van der Waals surface area contributed by atoms with Gasteiger partial charge in [0.25, 0.3) is 0 Å². The number of morpholine rings is 1. The monoisotopic (exact) mass is 414 g/mol. The normalized spacial score (nSPS) is 21.5. The molecule has 3 aliphatic heterocycles. The summed E-state index contributed by atoms with van der Waals surface area (Å²) in [6.07, 6.45) is 1.26. The van der Waals surface area contributed by atoms with Crippen LogP contribution in [0, 0.1) is 0 Å². The van der Waals surface area contributed by atoms with Crippen LogP contribution in [-0.4, -0.2) is 57.6 Å². The number of halogens is 2. The molecular weight excluding hydrogens is 394 g/mol. The van der Waals surface area contributed by atoms with Crippen molar-refractivity contribution in [3.8, 4) is 5.82 Å². The molecule has 0 aliphatic carbocycles. The van der Waals surface area contributed by atoms with Gasteiger partial charge in [-0.25, -0.2) is 18.4 Å². The minimum Gasteiger partial charge on any atom is -0.371 e. The largest absolute Gasteiger partial charge is 0.371 e. The summed E-state index contributed by atoms with van der Waals surface area (Å²) in [5.74, 6) is 0.579. The number of hydrogen-bond acceptors (Lipinski definition) is 6. The Labute approximate surface area is 170 Å². The molecule has 3 fully saturated rings. The number of anilines is 1. The van der Waals surface area contributed by atoms with E-state index < -0.39 is 18.8 Å². The highest BCUT2D eigenvalue weighted by atomic mass is 19.2. The van der Waals surface area contributed by atoms with Gasteiger partial charge in [0.1, 0.15) is 6.67 Å². The summed E-state index contributed by atoms with van der Waals surface area (Å²) in [6.45, 7) is 0.284. The summed E-state index contributed by atoms with van der Waals surface area (Å²) in [7, 11) is 0. The molecule has 3 aromatic rings. The molecule has 3 unspecified atom stereocenters. The smallest absolute Gasteiger partial charge is 0.223 e. The van der Waals surface area contributed by atoms with Crippen molar-refractivity contribution in [1.82, 2.24) is 19.7 Å². The van der Waals surface area contributed by atoms with E-state index in [1.807, 2.05) is 0 Å². The summed E-state index contributed by atoms with van der Waals surface area (Å²) >= 11 is 0. The Kier molecular flexibility index (Phi) is 4.58. The zero-order chi connectivity index (χ0) is 20.8. The van der Waals surface area contributed by atoms with Crippen LogP contribution in [0.3, 0.4) is 0 Å². The first kappa shape index (κ1) is 18.9. The highest BCUT2D eigenvalue weighted by molar-refractivity contribution is 5.92. The minimum absolute atomic E-state index is 0.000711. The summed E-state index contributed by atoms with van der Waals surface area (Å²) < 4.78 is 34.0. The lowest BCUT2D eigenvalue weighted by Gasteiger charge is -2.47. The number of primary amides is 1. The van der Waals surface area contributed by atoms with Gasteiger partial charge in [-0.1, -0.05) is 6.07 Å². The molecule has 156 valence electrons. The third-order valence-corrected chi connectivity index (χ3v) is 5.45. The number of carbonyl (C=O) groups excluding carboxylic acids is 1. The van der Waals surface area contributed by atoms with E-state index in [-0.39, 0.29) is 24.3 Å². The van der Waals surface area contributed by atoms with Gasteiger partial charge in [0.15, 0.2) is 17.8 Å². The van der Waals surface area contributed by atoms with E-state index in [0.29, 0.717) is 30.1 Å². The Hall–Kier alpha value is -3.14. The lowest BCUT2D eigenvalue weighted by molar-refractivity contribution is -0.133. The predicted octanol–water partition coefficient (Wildman–Crippen LogP) is 1.80. The lowest BCUT2D eigenvalue weighted by Crippen LogP contribution is -2.57. The second kappa shape index (κ2) is 7.28. The average molecular weight is 414 g/mol. The highest BCUT2D eigenvalue weighted by Gasteiger charge is 2.39. The zero-order valence-corrected chi connectivity index (χ0v) is 16.0. The summed E-state index contributed by atoms with van der Waals surface area (Å²) in [5, 5.41) is 5.51. The summed E-state index contributed by atoms with van der Waals surface area (Å²) in [5.41, 5.74) is 6.47. The van der Waals surface area contributed by atoms with Gasteiger partial charge in [0.2, 0.25) is 5.91 Å². The van der Waals surface area contributed by atoms with Crippen LogP contribution in [0.1, 0.15) is 24.0 Å². The number of rotatable bonds is 6. The quantitative estimate of drug-likeness (QED) is 0.660. The highest BCUT2D eigenvalue weighted by Crippen LogP contribution is 2.35. The maximum absolute atomic E-state index is 13.9. The van der Waals surface area contributed by atoms with Crippen LogP contribution in [-0.2, 0) is 16.0 Å². The van der Waals surface area contributed by atoms with Crippen LogP contribution in [0.5, 0.6) is 0 Å². The third kappa shape index (κ3) is 3.26. The zero-order valence-electron chi connectivity index (χ0n) is 16.0. The van der Waals surface area contributed by atoms with Crippen molar-refractivity contribution in [2.75, 3.05) is 24.7 Å². The van der Waals surface area contributed by atoms with Crippen molar-refractivity contribution in [2.24, 2.45) is 5.73 Å². The maximum Gasteiger partial charge on any atom is 0.223 e. The Morgan fingerprint density at radius 3 is 2.80 bits per heavy atom. The van der Waals surface area contributed by atoms with E-state index in [4.69, 9.17) is 15.6 Å². The van der Waals surface area contributed by atoms with Crippen LogP contribution in [0.4, 0.5) is 14.6 Å². The van der Waals surface area contributed by atoms with Gasteiger partial charge in [0, 0.05) is 25.7 Å². The van der Waals surface area contributed by atoms with Crippen molar-refractivity contribution < 1.29 is 18.3 Å². The molecule has 3 atom stereocenters. The molecule has 3 aromatic heterocycles. The van der Waals surface area contributed by atoms with Crippen molar-refractivity contribution in [3.05, 3.63) is 41.9 Å². The molecular formula is C20H20F2N6O2. The van der Waals surface area contributed by atoms with Gasteiger partial charge >= 0.3 is 0 Å². The van der Waals surface area contributed by atoms with Crippen LogP contribution >= 0.6 is 0 Å². The number of amides is 1. The SMILES string of the molecule is NC(=O)Cc1cc2c(cn1)c(N1CC3CC(C1)O3)nn2-c1cccc(C(F)CF)n1. The van der Waals surface area contributed by atoms with Crippen molar-refractivity contribution in [1.29, 1.82) is 0 Å². The molecule has 0 saturated carbocycles. The first-order chi connectivity index (χ1) is 14.5. The average Bonchev–Trinajstić information content (AvgIpc) is 3.11. The molecule has 2 bridgehead atoms. The molecule has 10 heteroatoms. The van der Waals surface area contributed by atoms with Crippen molar-refractivity contribution in [3.63, 3.8) is 0 Å². The first-order valence-corrected chi connectivity index (χ1v) is 9.75. The topological polar surface area (TPSA) is 99.2 Å². The number of hydrogen-bond donors (Lipinski definition) is 1. The number of aromatic nitrogens is 4. The second-order valence-electron chi connectivity index (χ2n) is 7.63. The number of ether oxygens (including phenoxy) is 1. The predicted molar refractivity (Wildman–Crippen MR) is 105 cm³/mol. The Morgan fingerprint density at radius 1 is 1.33 bits per heavy atom. The molecule has 2 N–H and O–H groups in total. The van der Waals surface area contributed by atoms with E-state index in [1.165, 1.54) is 6.07 Å². The number of carbonyl (C=O) groups is 1. The standard InChI is InChI=1S/C20H20F2N6O2/c21-7-15(22)16-2-1-3-19(25-16)28-17-4-11(5-18(23)29)24-8-14(17)20(26-28)27-9-12-6-13(10-27)30-12/h1-4,8,12-13,15H,5-7,9-10H2,(H2,23,29). The van der Waals surface area contributed by atoms with Crippen LogP contribution in [0.2, 0.25) is 0 Å². The van der Waals surface area contributed by atoms with E-state index in [1.54, 1.807) is 29.1 Å². The summed E-state index contributed by atoms with van der Waals surface area (Å²) in [4.78, 5) is 22.1. The van der Waals surface area contributed by atoms with E-state index in [9.17, 15) is 13.6 Å². The number of piperidine rings is 1. The molecule has 0 spiro atoms. The second-order valence-corrected chi connectivity index (χ2v) is 7.63. The number of alkyl halides is 2. The number of nitrogens with two attached hydrogens (primary N) is 1. The van der Waals surface area contributed by atoms with Gasteiger partial charge in [-0.2, -0.15) is 0 Å². The van der Waals surface area contributed by atoms with Gasteiger partial charge < -0.3 is 15.4 Å². The fourth-order valence-corrected chi connectivity index (χ4v) is 4.06. The number of pyridine rings is 2. The van der Waals surface area contributed by atoms with Crippen LogP contribution in [0.25, 0.3) is 16.7 Å². The molecule has 3 saturated heterocycles. The first-order valence-electron chi connectivity index (χ1n) is 9.75. The van der Waals surface area contributed by atoms with Gasteiger partial charge in [-0.05, 0) is 18.2 Å². The molecule has 6 rings (SSSR count). The Bertz CT molecular complexity index is 1100. The third-order valence-electron chi connectivity index (χ3n) is 5.45. The van der Waals surface area contributed by atoms with Crippen LogP contribution in [0.15, 0.2) is 30.5 Å². The van der Waals surface area contributed by atoms with Gasteiger partial charge in [-0.15, -0.1) is 5.10 Å². The molecule has 3 aliphatic rings. The lowest BCUT2D eigenvalue weighted by atomic mass is 9.99. The fraction of sp³-hybridized carbons (Fsp3) is 0.400. The molecule has 8 nitrogen and oxygen atoms in total. The Morgan fingerprint density at radius 2 is 2.10 bits per heavy atom. The molecule has 30 heavy (non-hydrogen) atoms. The van der Waals surface area contributed by atoms with Gasteiger partial charge in [0.05, 0.1) is 40.9 Å². The van der Waals surface area contributed by atoms with Crippen molar-refractivity contribution >= 4 is 22.6 Å². The molecule has 1 amide bonds. The van der Waals surface area contributed by atoms with Gasteiger partial charge in [-0.3, -0.25) is 9.78 Å². The fourth-order valence-electron chi connectivity index (χ4n) is 4.06.